The molecule has 0 bridgehead atoms. The zero-order valence-corrected chi connectivity index (χ0v) is 29.8. The van der Waals surface area contributed by atoms with Crippen molar-refractivity contribution >= 4 is 21.9 Å². The second kappa shape index (κ2) is 13.8. The Morgan fingerprint density at radius 3 is 1.35 bits per heavy atom. The number of aromatic nitrogens is 3. The predicted octanol–water partition coefficient (Wildman–Crippen LogP) is 13.4. The molecule has 2 aromatic heterocycles. The third-order valence-corrected chi connectivity index (χ3v) is 10.2. The van der Waals surface area contributed by atoms with E-state index < -0.39 is 0 Å². The quantitative estimate of drug-likeness (QED) is 0.166. The van der Waals surface area contributed by atoms with Crippen LogP contribution in [0.5, 0.6) is 0 Å². The Labute approximate surface area is 319 Å². The fourth-order valence-corrected chi connectivity index (χ4v) is 7.49. The molecule has 4 heteroatoms. The van der Waals surface area contributed by atoms with E-state index in [4.69, 9.17) is 19.4 Å². The van der Waals surface area contributed by atoms with Crippen molar-refractivity contribution in [2.24, 2.45) is 0 Å². The summed E-state index contributed by atoms with van der Waals surface area (Å²) in [6.45, 7) is 0. The smallest absolute Gasteiger partial charge is 0.167 e. The van der Waals surface area contributed by atoms with Crippen molar-refractivity contribution < 1.29 is 4.42 Å². The van der Waals surface area contributed by atoms with Gasteiger partial charge in [-0.25, -0.2) is 15.0 Å². The van der Waals surface area contributed by atoms with Crippen LogP contribution in [0, 0.1) is 0 Å². The van der Waals surface area contributed by atoms with E-state index >= 15 is 0 Å². The first-order valence-corrected chi connectivity index (χ1v) is 18.4. The number of nitrogens with zero attached hydrogens (tertiary/aromatic N) is 3. The van der Waals surface area contributed by atoms with Gasteiger partial charge in [0.25, 0.3) is 0 Å². The van der Waals surface area contributed by atoms with E-state index in [0.717, 1.165) is 55.3 Å². The molecular formula is C51H33N3O. The van der Waals surface area contributed by atoms with Gasteiger partial charge in [0.2, 0.25) is 0 Å². The van der Waals surface area contributed by atoms with Gasteiger partial charge in [-0.3, -0.25) is 0 Å². The van der Waals surface area contributed by atoms with Gasteiger partial charge in [-0.05, 0) is 68.8 Å². The van der Waals surface area contributed by atoms with Crippen molar-refractivity contribution in [3.05, 3.63) is 200 Å². The van der Waals surface area contributed by atoms with Crippen LogP contribution in [0.2, 0.25) is 0 Å². The Balaban J connectivity index is 1.15. The van der Waals surface area contributed by atoms with Crippen LogP contribution in [0.15, 0.2) is 205 Å². The number of hydrogen-bond donors (Lipinski definition) is 0. The average molecular weight is 704 g/mol. The molecule has 8 aromatic carbocycles. The molecule has 0 amide bonds. The number of furan rings is 1. The minimum absolute atomic E-state index is 0.562. The van der Waals surface area contributed by atoms with E-state index in [1.54, 1.807) is 0 Å². The lowest BCUT2D eigenvalue weighted by molar-refractivity contribution is 0.669. The zero-order chi connectivity index (χ0) is 36.6. The fraction of sp³-hybridized carbons (Fsp3) is 0. The summed E-state index contributed by atoms with van der Waals surface area (Å²) < 4.78 is 6.43. The molecule has 0 N–H and O–H groups in total. The molecule has 258 valence electrons. The van der Waals surface area contributed by atoms with E-state index in [2.05, 4.69) is 140 Å². The van der Waals surface area contributed by atoms with Crippen molar-refractivity contribution in [3.63, 3.8) is 0 Å². The van der Waals surface area contributed by atoms with Crippen molar-refractivity contribution in [1.82, 2.24) is 15.0 Å². The number of rotatable bonds is 7. The van der Waals surface area contributed by atoms with E-state index in [1.165, 1.54) is 27.8 Å². The molecule has 55 heavy (non-hydrogen) atoms. The molecule has 0 saturated heterocycles. The summed E-state index contributed by atoms with van der Waals surface area (Å²) in [4.78, 5) is 15.2. The Kier molecular flexibility index (Phi) is 8.12. The molecule has 0 saturated carbocycles. The molecule has 0 atom stereocenters. The highest BCUT2D eigenvalue weighted by Crippen LogP contribution is 2.44. The SMILES string of the molecule is c1ccc(-c2cc(-c3ccccc3)c(-c3ccc(-c4nc(-c5ccccc5)nc(-c5cccc6c5oc5ccccc56)n4)cc3)c(-c3ccccc3)c2)cc1. The van der Waals surface area contributed by atoms with E-state index in [1.807, 2.05) is 60.7 Å². The van der Waals surface area contributed by atoms with Crippen LogP contribution in [0.3, 0.4) is 0 Å². The first kappa shape index (κ1) is 32.2. The summed E-state index contributed by atoms with van der Waals surface area (Å²) in [5.74, 6) is 1.76. The number of benzene rings is 8. The molecular weight excluding hydrogens is 671 g/mol. The number of para-hydroxylation sites is 2. The normalized spacial score (nSPS) is 11.3. The van der Waals surface area contributed by atoms with E-state index in [-0.39, 0.29) is 0 Å². The third kappa shape index (κ3) is 6.06. The maximum atomic E-state index is 6.43. The molecule has 0 aliphatic carbocycles. The number of hydrogen-bond acceptors (Lipinski definition) is 4. The Hall–Kier alpha value is -7.43. The maximum Gasteiger partial charge on any atom is 0.167 e. The highest BCUT2D eigenvalue weighted by atomic mass is 16.3. The minimum atomic E-state index is 0.562. The Morgan fingerprint density at radius 2 is 0.745 bits per heavy atom. The molecule has 0 aliphatic rings. The van der Waals surface area contributed by atoms with Crippen molar-refractivity contribution in [1.29, 1.82) is 0 Å². The molecule has 2 heterocycles. The van der Waals surface area contributed by atoms with Gasteiger partial charge in [0, 0.05) is 21.9 Å². The lowest BCUT2D eigenvalue weighted by Gasteiger charge is -2.19. The van der Waals surface area contributed by atoms with Crippen LogP contribution in [0.4, 0.5) is 0 Å². The maximum absolute atomic E-state index is 6.43. The summed E-state index contributed by atoms with van der Waals surface area (Å²) in [5, 5.41) is 2.09. The van der Waals surface area contributed by atoms with Crippen molar-refractivity contribution in [3.8, 4) is 78.7 Å². The van der Waals surface area contributed by atoms with Gasteiger partial charge in [0.1, 0.15) is 11.2 Å². The molecule has 10 aromatic rings. The first-order chi connectivity index (χ1) is 27.3. The molecule has 0 unspecified atom stereocenters. The monoisotopic (exact) mass is 703 g/mol. The highest BCUT2D eigenvalue weighted by Gasteiger charge is 2.20. The fourth-order valence-electron chi connectivity index (χ4n) is 7.49. The lowest BCUT2D eigenvalue weighted by atomic mass is 9.84. The predicted molar refractivity (Wildman–Crippen MR) is 225 cm³/mol. The molecule has 0 fully saturated rings. The van der Waals surface area contributed by atoms with Crippen LogP contribution < -0.4 is 0 Å². The lowest BCUT2D eigenvalue weighted by Crippen LogP contribution is -2.00. The van der Waals surface area contributed by atoms with Gasteiger partial charge < -0.3 is 4.42 Å². The summed E-state index contributed by atoms with van der Waals surface area (Å²) in [6, 6.07) is 69.5. The van der Waals surface area contributed by atoms with Gasteiger partial charge in [0.15, 0.2) is 17.5 Å². The van der Waals surface area contributed by atoms with E-state index in [9.17, 15) is 0 Å². The summed E-state index contributed by atoms with van der Waals surface area (Å²) >= 11 is 0. The molecule has 4 nitrogen and oxygen atoms in total. The highest BCUT2D eigenvalue weighted by molar-refractivity contribution is 6.09. The molecule has 0 radical (unpaired) electrons. The van der Waals surface area contributed by atoms with Crippen LogP contribution in [-0.4, -0.2) is 15.0 Å². The van der Waals surface area contributed by atoms with Gasteiger partial charge in [-0.2, -0.15) is 0 Å². The summed E-state index contributed by atoms with van der Waals surface area (Å²) in [7, 11) is 0. The largest absolute Gasteiger partial charge is 0.455 e. The second-order valence-corrected chi connectivity index (χ2v) is 13.6. The van der Waals surface area contributed by atoms with Crippen molar-refractivity contribution in [2.45, 2.75) is 0 Å². The first-order valence-electron chi connectivity index (χ1n) is 18.4. The summed E-state index contributed by atoms with van der Waals surface area (Å²) in [6.07, 6.45) is 0. The van der Waals surface area contributed by atoms with Gasteiger partial charge >= 0.3 is 0 Å². The Morgan fingerprint density at radius 1 is 0.291 bits per heavy atom. The zero-order valence-electron chi connectivity index (χ0n) is 29.8. The molecule has 0 spiro atoms. The third-order valence-electron chi connectivity index (χ3n) is 10.2. The van der Waals surface area contributed by atoms with E-state index in [0.29, 0.717) is 17.5 Å². The second-order valence-electron chi connectivity index (χ2n) is 13.6. The average Bonchev–Trinajstić information content (AvgIpc) is 3.66. The van der Waals surface area contributed by atoms with Gasteiger partial charge in [-0.15, -0.1) is 0 Å². The molecule has 10 rings (SSSR count). The van der Waals surface area contributed by atoms with Crippen molar-refractivity contribution in [2.75, 3.05) is 0 Å². The number of fused-ring (bicyclic) bond motifs is 3. The topological polar surface area (TPSA) is 51.8 Å². The minimum Gasteiger partial charge on any atom is -0.455 e. The van der Waals surface area contributed by atoms with Crippen LogP contribution >= 0.6 is 0 Å². The summed E-state index contributed by atoms with van der Waals surface area (Å²) in [5.41, 5.74) is 13.5. The Bertz CT molecular complexity index is 2880. The van der Waals surface area contributed by atoms with Crippen LogP contribution in [0.25, 0.3) is 101 Å². The van der Waals surface area contributed by atoms with Gasteiger partial charge in [0.05, 0.1) is 5.56 Å². The van der Waals surface area contributed by atoms with Crippen LogP contribution in [-0.2, 0) is 0 Å². The molecule has 0 aliphatic heterocycles. The van der Waals surface area contributed by atoms with Crippen LogP contribution in [0.1, 0.15) is 0 Å². The standard InChI is InChI=1S/C51H33N3O/c1-5-16-34(17-6-1)40-32-44(35-18-7-2-8-19-35)47(45(33-40)36-20-9-3-10-21-36)37-28-30-39(31-29-37)50-52-49(38-22-11-4-12-23-38)53-51(54-50)43-26-15-25-42-41-24-13-14-27-46(41)55-48(42)43/h1-33H. The van der Waals surface area contributed by atoms with Gasteiger partial charge in [-0.1, -0.05) is 176 Å².